The Balaban J connectivity index is 0.000000119. The van der Waals surface area contributed by atoms with Gasteiger partial charge in [-0.25, -0.2) is 34.9 Å². The molecule has 593 valence electrons. The summed E-state index contributed by atoms with van der Waals surface area (Å²) in [5, 5.41) is 4.69. The maximum absolute atomic E-state index is 5.17. The molecule has 0 fully saturated rings. The van der Waals surface area contributed by atoms with Gasteiger partial charge in [-0.2, -0.15) is 94.9 Å². The SMILES string of the molecule is CC(C)(C)c1cnc2c(n1)N(c1[c-]cccc1)CN2c1ccccc1.CC(C)(C)c1cnc2c(n1)N(c1[c-]cccc1)[CH-]N2c1ccccc1.CC(C)(C)c1cnc2c(n1)N(c1ccccc1)[CH-]N2c1[c-]cccc1.[Ir].c1ccc(-c2nc(-c3ccccc3)nc(-n3c4ccccc4c4ccc5c6ccccc6n(-c6ccccc6)c5c43)n2)cc1. The molecule has 0 amide bonds. The first-order valence-corrected chi connectivity index (χ1v) is 39.9. The fourth-order valence-corrected chi connectivity index (χ4v) is 14.9. The summed E-state index contributed by atoms with van der Waals surface area (Å²) in [6.45, 7) is 24.1. The fraction of sp³-hybridized carbons (Fsp3) is 0.127. The third kappa shape index (κ3) is 15.6. The molecule has 6 aromatic heterocycles. The van der Waals surface area contributed by atoms with Crippen LogP contribution in [0.3, 0.4) is 0 Å². The molecule has 12 aromatic carbocycles. The zero-order chi connectivity index (χ0) is 81.4. The van der Waals surface area contributed by atoms with Crippen molar-refractivity contribution in [3.05, 3.63) is 383 Å². The zero-order valence-electron chi connectivity index (χ0n) is 68.1. The van der Waals surface area contributed by atoms with Crippen molar-refractivity contribution in [1.82, 2.24) is 54.0 Å². The van der Waals surface area contributed by atoms with Crippen LogP contribution in [-0.4, -0.2) is 60.7 Å². The minimum atomic E-state index is -0.0612. The van der Waals surface area contributed by atoms with Gasteiger partial charge in [0.25, 0.3) is 0 Å². The predicted molar refractivity (Wildman–Crippen MR) is 483 cm³/mol. The molecule has 0 bridgehead atoms. The quantitative estimate of drug-likeness (QED) is 0.120. The molecule has 18 aromatic rings. The molecule has 0 spiro atoms. The van der Waals surface area contributed by atoms with Gasteiger partial charge in [0.1, 0.15) is 29.9 Å². The van der Waals surface area contributed by atoms with Crippen LogP contribution < -0.4 is 29.4 Å². The van der Waals surface area contributed by atoms with Gasteiger partial charge in [-0.15, -0.1) is 30.8 Å². The molecule has 0 atom stereocenters. The fourth-order valence-electron chi connectivity index (χ4n) is 14.9. The van der Waals surface area contributed by atoms with Gasteiger partial charge in [-0.1, -0.05) is 250 Å². The van der Waals surface area contributed by atoms with Crippen molar-refractivity contribution in [2.24, 2.45) is 0 Å². The van der Waals surface area contributed by atoms with Gasteiger partial charge in [0, 0.05) is 91.8 Å². The maximum atomic E-state index is 5.17. The van der Waals surface area contributed by atoms with Gasteiger partial charge in [0.15, 0.2) is 23.3 Å². The van der Waals surface area contributed by atoms with Crippen LogP contribution in [0.5, 0.6) is 0 Å². The summed E-state index contributed by atoms with van der Waals surface area (Å²) in [5.74, 6) is 6.95. The van der Waals surface area contributed by atoms with Crippen LogP contribution in [0.15, 0.2) is 334 Å². The third-order valence-corrected chi connectivity index (χ3v) is 21.1. The topological polar surface area (TPSA) is 145 Å². The van der Waals surface area contributed by atoms with Crippen molar-refractivity contribution >= 4 is 113 Å². The Morgan fingerprint density at radius 3 is 1.08 bits per heavy atom. The van der Waals surface area contributed by atoms with Crippen LogP contribution in [0.25, 0.3) is 78.0 Å². The molecule has 18 heteroatoms. The molecule has 0 unspecified atom stereocenters. The van der Waals surface area contributed by atoms with Crippen LogP contribution in [0.4, 0.5) is 69.0 Å². The van der Waals surface area contributed by atoms with E-state index in [0.717, 1.165) is 136 Å². The van der Waals surface area contributed by atoms with E-state index in [1.165, 1.54) is 10.8 Å². The Labute approximate surface area is 713 Å². The second kappa shape index (κ2) is 33.1. The number of rotatable bonds is 10. The first-order valence-electron chi connectivity index (χ1n) is 39.9. The Hall–Kier alpha value is -14.1. The van der Waals surface area contributed by atoms with E-state index in [1.807, 2.05) is 224 Å². The average Bonchev–Trinajstić information content (AvgIpc) is 1.54. The Morgan fingerprint density at radius 1 is 0.283 bits per heavy atom. The number of fused-ring (bicyclic) bond motifs is 10. The van der Waals surface area contributed by atoms with Crippen LogP contribution >= 0.6 is 0 Å². The van der Waals surface area contributed by atoms with Crippen molar-refractivity contribution in [3.63, 3.8) is 0 Å². The molecule has 0 saturated heterocycles. The van der Waals surface area contributed by atoms with Gasteiger partial charge < -0.3 is 34.0 Å². The van der Waals surface area contributed by atoms with Crippen molar-refractivity contribution in [2.45, 2.75) is 78.6 Å². The Bertz CT molecular complexity index is 6190. The third-order valence-electron chi connectivity index (χ3n) is 21.1. The molecule has 0 saturated carbocycles. The summed E-state index contributed by atoms with van der Waals surface area (Å²) >= 11 is 0. The van der Waals surface area contributed by atoms with Gasteiger partial charge >= 0.3 is 0 Å². The van der Waals surface area contributed by atoms with Crippen molar-refractivity contribution < 1.29 is 20.1 Å². The number of nitrogens with zero attached hydrogens (tertiary/aromatic N) is 17. The van der Waals surface area contributed by atoms with Gasteiger partial charge in [-0.05, 0) is 60.7 Å². The zero-order valence-corrected chi connectivity index (χ0v) is 70.4. The smallest absolute Gasteiger partial charge is 0.238 e. The number of anilines is 12. The van der Waals surface area contributed by atoms with Crippen LogP contribution in [0, 0.1) is 31.5 Å². The van der Waals surface area contributed by atoms with E-state index in [4.69, 9.17) is 44.9 Å². The number of benzene rings is 12. The molecule has 0 aliphatic carbocycles. The van der Waals surface area contributed by atoms with E-state index in [1.54, 1.807) is 0 Å². The molecule has 120 heavy (non-hydrogen) atoms. The molecule has 21 rings (SSSR count). The van der Waals surface area contributed by atoms with E-state index in [2.05, 4.69) is 243 Å². The van der Waals surface area contributed by atoms with Crippen molar-refractivity contribution in [1.29, 1.82) is 0 Å². The summed E-state index contributed by atoms with van der Waals surface area (Å²) in [7, 11) is 0. The summed E-state index contributed by atoms with van der Waals surface area (Å²) in [4.78, 5) is 56.9. The molecule has 9 heterocycles. The molecule has 3 aliphatic rings. The van der Waals surface area contributed by atoms with E-state index in [0.29, 0.717) is 24.3 Å². The van der Waals surface area contributed by atoms with E-state index < -0.39 is 0 Å². The van der Waals surface area contributed by atoms with E-state index in [9.17, 15) is 0 Å². The average molecular weight is 1740 g/mol. The summed E-state index contributed by atoms with van der Waals surface area (Å²) in [5.41, 5.74) is 16.3. The summed E-state index contributed by atoms with van der Waals surface area (Å²) in [6, 6.07) is 117. The van der Waals surface area contributed by atoms with Gasteiger partial charge in [0.2, 0.25) is 5.95 Å². The van der Waals surface area contributed by atoms with Crippen LogP contribution in [0.2, 0.25) is 0 Å². The molecule has 1 radical (unpaired) electrons. The Morgan fingerprint density at radius 2 is 0.633 bits per heavy atom. The number of hydrogen-bond donors (Lipinski definition) is 0. The molecular formula is C102H86IrN17-5. The summed E-state index contributed by atoms with van der Waals surface area (Å²) < 4.78 is 4.60. The first kappa shape index (κ1) is 78.5. The molecule has 0 N–H and O–H groups in total. The predicted octanol–water partition coefficient (Wildman–Crippen LogP) is 24.2. The summed E-state index contributed by atoms with van der Waals surface area (Å²) in [6.07, 6.45) is 5.64. The van der Waals surface area contributed by atoms with Gasteiger partial charge in [-0.3, -0.25) is 4.57 Å². The van der Waals surface area contributed by atoms with E-state index >= 15 is 0 Å². The van der Waals surface area contributed by atoms with Gasteiger partial charge in [0.05, 0.1) is 57.7 Å². The second-order valence-electron chi connectivity index (χ2n) is 32.3. The van der Waals surface area contributed by atoms with Crippen LogP contribution in [-0.2, 0) is 36.4 Å². The number of para-hydroxylation sites is 9. The number of hydrogen-bond acceptors (Lipinski definition) is 15. The molecule has 17 nitrogen and oxygen atoms in total. The first-order chi connectivity index (χ1) is 58.0. The van der Waals surface area contributed by atoms with Crippen molar-refractivity contribution in [3.8, 4) is 34.4 Å². The minimum absolute atomic E-state index is 0. The standard InChI is InChI=1S/C39H25N5.C21H21N4.2C21H20N4.Ir/c1-4-14-26(15-5-1)37-40-38(27-16-6-2-7-17-27)42-39(41-37)44-34-23-13-11-21-30(34)32-25-24-31-29-20-10-12-22-33(29)43(35(31)36(32)44)28-18-8-3-9-19-28;3*1-21(2,3)18-14-22-19-20(23-18)25(17-12-8-5-9-13-17)15-24(19)16-10-6-4-7-11-16;/h1-25H;4-12,14H,15H2,1-3H3;4-10,12-15H,1-3H3;4-12,14-15H,1-3H3;/q;-1;2*-2;. The van der Waals surface area contributed by atoms with E-state index in [-0.39, 0.29) is 36.4 Å². The minimum Gasteiger partial charge on any atom is -0.477 e. The molecule has 3 aliphatic heterocycles. The monoisotopic (exact) mass is 1740 g/mol. The van der Waals surface area contributed by atoms with Crippen molar-refractivity contribution in [2.75, 3.05) is 36.1 Å². The second-order valence-corrected chi connectivity index (χ2v) is 32.3. The molecular weight excluding hydrogens is 1660 g/mol. The van der Waals surface area contributed by atoms with Crippen LogP contribution in [0.1, 0.15) is 79.4 Å². The largest absolute Gasteiger partial charge is 0.477 e. The number of aromatic nitrogens is 11. The Kier molecular flexibility index (Phi) is 21.7. The normalized spacial score (nSPS) is 12.9. The maximum Gasteiger partial charge on any atom is 0.238 e.